The van der Waals surface area contributed by atoms with Crippen LogP contribution in [0.4, 0.5) is 0 Å². The Morgan fingerprint density at radius 1 is 1.35 bits per heavy atom. The number of piperidine rings is 1. The predicted molar refractivity (Wildman–Crippen MR) is 100 cm³/mol. The van der Waals surface area contributed by atoms with Crippen molar-refractivity contribution in [1.82, 2.24) is 9.88 Å². The first-order valence-corrected chi connectivity index (χ1v) is 9.40. The van der Waals surface area contributed by atoms with Gasteiger partial charge >= 0.3 is 0 Å². The van der Waals surface area contributed by atoms with Gasteiger partial charge in [0.25, 0.3) is 0 Å². The van der Waals surface area contributed by atoms with Crippen LogP contribution in [0.15, 0.2) is 30.5 Å². The first-order chi connectivity index (χ1) is 12.6. The number of likely N-dealkylation sites (tertiary alicyclic amines) is 1. The summed E-state index contributed by atoms with van der Waals surface area (Å²) in [5, 5.41) is 10.4. The van der Waals surface area contributed by atoms with Crippen LogP contribution in [0.5, 0.6) is 0 Å². The SMILES string of the molecule is CC1CC(c2ccc(C#N)c3ncccc23)CN(C(=O)[C@@H](N)C2CC2)C1. The van der Waals surface area contributed by atoms with E-state index in [1.165, 1.54) is 5.56 Å². The molecule has 1 aromatic carbocycles. The number of nitrogens with two attached hydrogens (primary N) is 1. The predicted octanol–water partition coefficient (Wildman–Crippen LogP) is 2.80. The normalized spacial score (nSPS) is 24.3. The van der Waals surface area contributed by atoms with E-state index >= 15 is 0 Å². The van der Waals surface area contributed by atoms with Crippen LogP contribution < -0.4 is 5.73 Å². The van der Waals surface area contributed by atoms with Gasteiger partial charge in [0, 0.05) is 30.6 Å². The molecule has 2 aliphatic rings. The Bertz CT molecular complexity index is 883. The number of benzene rings is 1. The fraction of sp³-hybridized carbons (Fsp3) is 0.476. The van der Waals surface area contributed by atoms with E-state index in [0.29, 0.717) is 23.9 Å². The topological polar surface area (TPSA) is 83.0 Å². The Labute approximate surface area is 153 Å². The molecular weight excluding hydrogens is 324 g/mol. The van der Waals surface area contributed by atoms with Crippen molar-refractivity contribution >= 4 is 16.8 Å². The number of carbonyl (C=O) groups is 1. The number of rotatable bonds is 3. The Morgan fingerprint density at radius 2 is 2.15 bits per heavy atom. The number of fused-ring (bicyclic) bond motifs is 1. The van der Waals surface area contributed by atoms with Gasteiger partial charge in [-0.05, 0) is 48.8 Å². The van der Waals surface area contributed by atoms with Gasteiger partial charge in [0.05, 0.1) is 17.1 Å². The van der Waals surface area contributed by atoms with Gasteiger partial charge in [0.15, 0.2) is 0 Å². The molecule has 2 heterocycles. The molecule has 2 unspecified atom stereocenters. The number of hydrogen-bond donors (Lipinski definition) is 1. The summed E-state index contributed by atoms with van der Waals surface area (Å²) in [7, 11) is 0. The quantitative estimate of drug-likeness (QED) is 0.924. The summed E-state index contributed by atoms with van der Waals surface area (Å²) in [5.41, 5.74) is 8.69. The fourth-order valence-corrected chi connectivity index (χ4v) is 4.27. The third-order valence-electron chi connectivity index (χ3n) is 5.75. The van der Waals surface area contributed by atoms with Crippen molar-refractivity contribution in [3.05, 3.63) is 41.6 Å². The molecule has 3 atom stereocenters. The largest absolute Gasteiger partial charge is 0.340 e. The second-order valence-corrected chi connectivity index (χ2v) is 7.86. The molecule has 4 rings (SSSR count). The van der Waals surface area contributed by atoms with E-state index in [4.69, 9.17) is 5.73 Å². The summed E-state index contributed by atoms with van der Waals surface area (Å²) >= 11 is 0. The molecule has 5 heteroatoms. The highest BCUT2D eigenvalue weighted by atomic mass is 16.2. The van der Waals surface area contributed by atoms with Crippen LogP contribution in [0.3, 0.4) is 0 Å². The summed E-state index contributed by atoms with van der Waals surface area (Å²) in [6, 6.07) is 9.70. The fourth-order valence-electron chi connectivity index (χ4n) is 4.27. The molecule has 1 saturated heterocycles. The minimum absolute atomic E-state index is 0.0973. The van der Waals surface area contributed by atoms with Crippen molar-refractivity contribution in [2.45, 2.75) is 38.1 Å². The van der Waals surface area contributed by atoms with Crippen molar-refractivity contribution in [2.24, 2.45) is 17.6 Å². The number of nitrogens with zero attached hydrogens (tertiary/aromatic N) is 3. The molecule has 2 N–H and O–H groups in total. The molecule has 1 aliphatic carbocycles. The van der Waals surface area contributed by atoms with Gasteiger partial charge in [-0.1, -0.05) is 19.1 Å². The molecule has 1 aliphatic heterocycles. The molecule has 134 valence electrons. The van der Waals surface area contributed by atoms with E-state index in [2.05, 4.69) is 18.0 Å². The minimum atomic E-state index is -0.347. The van der Waals surface area contributed by atoms with Gasteiger partial charge in [-0.3, -0.25) is 9.78 Å². The maximum Gasteiger partial charge on any atom is 0.239 e. The zero-order chi connectivity index (χ0) is 18.3. The van der Waals surface area contributed by atoms with Crippen molar-refractivity contribution in [2.75, 3.05) is 13.1 Å². The number of hydrogen-bond acceptors (Lipinski definition) is 4. The molecular formula is C21H24N4O. The molecule has 2 aromatic rings. The van der Waals surface area contributed by atoms with E-state index < -0.39 is 0 Å². The average molecular weight is 348 g/mol. The van der Waals surface area contributed by atoms with Crippen LogP contribution in [-0.4, -0.2) is 34.9 Å². The van der Waals surface area contributed by atoms with Gasteiger partial charge in [-0.25, -0.2) is 0 Å². The lowest BCUT2D eigenvalue weighted by Crippen LogP contribution is -2.50. The second kappa shape index (κ2) is 6.69. The Hall–Kier alpha value is -2.45. The minimum Gasteiger partial charge on any atom is -0.340 e. The molecule has 0 radical (unpaired) electrons. The van der Waals surface area contributed by atoms with E-state index in [1.54, 1.807) is 6.20 Å². The second-order valence-electron chi connectivity index (χ2n) is 7.86. The Morgan fingerprint density at radius 3 is 2.88 bits per heavy atom. The first-order valence-electron chi connectivity index (χ1n) is 9.40. The molecule has 26 heavy (non-hydrogen) atoms. The Balaban J connectivity index is 1.66. The highest BCUT2D eigenvalue weighted by molar-refractivity contribution is 5.88. The number of carbonyl (C=O) groups excluding carboxylic acids is 1. The molecule has 0 bridgehead atoms. The van der Waals surface area contributed by atoms with Crippen molar-refractivity contribution in [3.8, 4) is 6.07 Å². The van der Waals surface area contributed by atoms with E-state index in [-0.39, 0.29) is 17.9 Å². The van der Waals surface area contributed by atoms with Crippen LogP contribution in [-0.2, 0) is 4.79 Å². The molecule has 5 nitrogen and oxygen atoms in total. The van der Waals surface area contributed by atoms with E-state index in [9.17, 15) is 10.1 Å². The van der Waals surface area contributed by atoms with Gasteiger partial charge < -0.3 is 10.6 Å². The monoisotopic (exact) mass is 348 g/mol. The maximum absolute atomic E-state index is 12.8. The number of amides is 1. The van der Waals surface area contributed by atoms with E-state index in [1.807, 2.05) is 29.2 Å². The summed E-state index contributed by atoms with van der Waals surface area (Å²) in [6.07, 6.45) is 4.90. The Kier molecular flexibility index (Phi) is 4.37. The van der Waals surface area contributed by atoms with Crippen LogP contribution in [0.25, 0.3) is 10.9 Å². The molecule has 0 spiro atoms. The van der Waals surface area contributed by atoms with Crippen molar-refractivity contribution < 1.29 is 4.79 Å². The summed E-state index contributed by atoms with van der Waals surface area (Å²) in [4.78, 5) is 19.2. The van der Waals surface area contributed by atoms with Gasteiger partial charge in [-0.2, -0.15) is 5.26 Å². The van der Waals surface area contributed by atoms with Gasteiger partial charge in [0.2, 0.25) is 5.91 Å². The first kappa shape index (κ1) is 17.0. The van der Waals surface area contributed by atoms with Crippen molar-refractivity contribution in [1.29, 1.82) is 5.26 Å². The number of pyridine rings is 1. The molecule has 2 fully saturated rings. The van der Waals surface area contributed by atoms with Gasteiger partial charge in [0.1, 0.15) is 6.07 Å². The lowest BCUT2D eigenvalue weighted by atomic mass is 9.83. The zero-order valence-electron chi connectivity index (χ0n) is 15.1. The molecule has 1 aromatic heterocycles. The van der Waals surface area contributed by atoms with Crippen LogP contribution >= 0.6 is 0 Å². The van der Waals surface area contributed by atoms with Crippen molar-refractivity contribution in [3.63, 3.8) is 0 Å². The van der Waals surface area contributed by atoms with Crippen LogP contribution in [0.2, 0.25) is 0 Å². The zero-order valence-corrected chi connectivity index (χ0v) is 15.1. The lowest BCUT2D eigenvalue weighted by Gasteiger charge is -2.38. The number of aromatic nitrogens is 1. The highest BCUT2D eigenvalue weighted by Crippen LogP contribution is 2.37. The standard InChI is InChI=1S/C21H24N4O/c1-13-9-16(12-25(11-13)21(26)19(23)14-4-5-14)17-7-6-15(10-22)20-18(17)3-2-8-24-20/h2-3,6-8,13-14,16,19H,4-5,9,11-12,23H2,1H3/t13?,16?,19-/m0/s1. The molecule has 1 saturated carbocycles. The highest BCUT2D eigenvalue weighted by Gasteiger charge is 2.38. The average Bonchev–Trinajstić information content (AvgIpc) is 3.50. The summed E-state index contributed by atoms with van der Waals surface area (Å²) in [6.45, 7) is 3.67. The van der Waals surface area contributed by atoms with Crippen LogP contribution in [0.1, 0.15) is 43.2 Å². The molecule has 1 amide bonds. The third kappa shape index (κ3) is 3.06. The lowest BCUT2D eigenvalue weighted by molar-refractivity contribution is -0.135. The number of nitriles is 1. The van der Waals surface area contributed by atoms with E-state index in [0.717, 1.165) is 36.7 Å². The van der Waals surface area contributed by atoms with Crippen LogP contribution in [0, 0.1) is 23.2 Å². The third-order valence-corrected chi connectivity index (χ3v) is 5.75. The maximum atomic E-state index is 12.8. The summed E-state index contributed by atoms with van der Waals surface area (Å²) in [5.74, 6) is 1.14. The smallest absolute Gasteiger partial charge is 0.239 e. The van der Waals surface area contributed by atoms with Gasteiger partial charge in [-0.15, -0.1) is 0 Å². The summed E-state index contributed by atoms with van der Waals surface area (Å²) < 4.78 is 0.